The van der Waals surface area contributed by atoms with Gasteiger partial charge >= 0.3 is 23.9 Å². The predicted octanol–water partition coefficient (Wildman–Crippen LogP) is -15.5. The highest BCUT2D eigenvalue weighted by Gasteiger charge is 2.61. The molecule has 35 atom stereocenters. The number of ether oxygens (including phenoxy) is 13. The Morgan fingerprint density at radius 1 is 0.297 bits per heavy atom. The molecule has 0 aliphatic carbocycles. The smallest absolute Gasteiger partial charge is 0.335 e. The molecule has 23 N–H and O–H groups in total. The number of carbonyl (C=O) groups excluding carboxylic acids is 3. The lowest BCUT2D eigenvalue weighted by Crippen LogP contribution is -2.71. The molecular weight excluding hydrogens is 1260 g/mol. The second kappa shape index (κ2) is 30.7. The summed E-state index contributed by atoms with van der Waals surface area (Å²) in [4.78, 5) is 88.1. The summed E-state index contributed by atoms with van der Waals surface area (Å²) < 4.78 is 72.5. The second-order valence-electron chi connectivity index (χ2n) is 21.9. The van der Waals surface area contributed by atoms with Gasteiger partial charge in [-0.15, -0.1) is 0 Å². The SMILES string of the molecule is CC(=O)N[C@H]1[C@H](O[C@H]2[C@H](O)[C@@H](O)[C@H](O[C@H]3[C@H](O)[C@@H](CO)O[C@@H](O[C@H]4[C@H](O)[C@@H](O)[C@H](O[C@H]5[C@H](O)[C@@H](CO)O[C@@H](O[C@H]6[C@H](O)[C@@H](O)C(O)O[C@@H]6C(=O)O)[C@@H]5NC(C)=O)O[C@@H]4C(=O)O)[C@@H]3NC(C)=O)O[C@@H]2C(=O)O)O[C@H](CO)[C@@H](O)[C@@H]1O[C@@H]1O[C@H](C(=O)O)[C@@H](O)[C@H](O)[C@H]1O. The maximum atomic E-state index is 13.0. The number of nitrogens with one attached hydrogen (secondary N) is 3. The molecule has 0 saturated carbocycles. The fraction of sp³-hybridized carbons (Fsp3) is 0.854. The molecule has 3 amide bonds. The first kappa shape index (κ1) is 73.5. The minimum atomic E-state index is -2.59. The van der Waals surface area contributed by atoms with Gasteiger partial charge in [0.25, 0.3) is 0 Å². The summed E-state index contributed by atoms with van der Waals surface area (Å²) >= 11 is 0. The maximum Gasteiger partial charge on any atom is 0.335 e. The van der Waals surface area contributed by atoms with Gasteiger partial charge in [0.2, 0.25) is 17.7 Å². The molecule has 0 radical (unpaired) electrons. The molecule has 43 nitrogen and oxygen atoms in total. The molecule has 0 aromatic carbocycles. The van der Waals surface area contributed by atoms with Gasteiger partial charge in [0.1, 0.15) is 146 Å². The van der Waals surface area contributed by atoms with Crippen LogP contribution >= 0.6 is 0 Å². The van der Waals surface area contributed by atoms with Gasteiger partial charge < -0.3 is 180 Å². The number of aliphatic hydroxyl groups excluding tert-OH is 16. The molecule has 7 fully saturated rings. The Morgan fingerprint density at radius 3 is 0.824 bits per heavy atom. The lowest BCUT2D eigenvalue weighted by atomic mass is 9.93. The van der Waals surface area contributed by atoms with Crippen LogP contribution in [-0.4, -0.2) is 378 Å². The van der Waals surface area contributed by atoms with E-state index in [0.29, 0.717) is 0 Å². The second-order valence-corrected chi connectivity index (χ2v) is 21.9. The first-order valence-corrected chi connectivity index (χ1v) is 27.6. The highest BCUT2D eigenvalue weighted by atomic mass is 16.8. The zero-order valence-electron chi connectivity index (χ0n) is 47.4. The zero-order valence-corrected chi connectivity index (χ0v) is 47.4. The number of amides is 3. The van der Waals surface area contributed by atoms with Gasteiger partial charge in [-0.2, -0.15) is 0 Å². The largest absolute Gasteiger partial charge is 0.479 e. The summed E-state index contributed by atoms with van der Waals surface area (Å²) in [6.07, 6.45) is -73.1. The molecule has 0 bridgehead atoms. The minimum Gasteiger partial charge on any atom is -0.479 e. The quantitative estimate of drug-likeness (QED) is 0.0479. The van der Waals surface area contributed by atoms with Crippen LogP contribution in [0.25, 0.3) is 0 Å². The van der Waals surface area contributed by atoms with Crippen LogP contribution in [0.3, 0.4) is 0 Å². The van der Waals surface area contributed by atoms with Crippen LogP contribution in [0.5, 0.6) is 0 Å². The minimum absolute atomic E-state index is 0.850. The van der Waals surface area contributed by atoms with E-state index < -0.39 is 276 Å². The highest BCUT2D eigenvalue weighted by molar-refractivity contribution is 5.76. The van der Waals surface area contributed by atoms with Gasteiger partial charge in [0.15, 0.2) is 68.4 Å². The number of aliphatic hydroxyl groups is 16. The van der Waals surface area contributed by atoms with Gasteiger partial charge in [-0.25, -0.2) is 19.2 Å². The van der Waals surface area contributed by atoms with Crippen molar-refractivity contribution in [2.24, 2.45) is 0 Å². The Kier molecular flexibility index (Phi) is 24.8. The van der Waals surface area contributed by atoms with Gasteiger partial charge in [-0.1, -0.05) is 0 Å². The van der Waals surface area contributed by atoms with Crippen molar-refractivity contribution < 1.29 is 197 Å². The van der Waals surface area contributed by atoms with Crippen LogP contribution in [-0.2, 0) is 95.1 Å². The number of rotatable bonds is 22. The number of hydrogen-bond donors (Lipinski definition) is 23. The zero-order chi connectivity index (χ0) is 67.7. The lowest BCUT2D eigenvalue weighted by Gasteiger charge is -2.51. The van der Waals surface area contributed by atoms with Gasteiger partial charge in [-0.05, 0) is 0 Å². The lowest BCUT2D eigenvalue weighted by molar-refractivity contribution is -0.379. The van der Waals surface area contributed by atoms with Gasteiger partial charge in [-0.3, -0.25) is 14.4 Å². The predicted molar refractivity (Wildman–Crippen MR) is 269 cm³/mol. The standard InChI is InChI=1S/C48H73N3O40/c1-7(55)49-13-28(83-46-25(67)19(61)20(62)34(89-46)38(70)71)16(58)10(4-52)80-44(13)87-32-22(64)27(69)48(91-36(32)40(74)75)85-30-15(51-9(3)57)45(81-12(6-54)18(30)60)88-33-23(65)26(68)47(90-37(33)41(76)77)84-29-14(50-8(2)56)43(79-11(5-53)17(29)59)86-31-21(63)24(66)42(78)82-35(31)39(72)73/h10-37,42-48,52-54,58-69,78H,4-6H2,1-3H3,(H,49,55)(H,50,56)(H,51,57)(H,70,71)(H,72,73)(H,74,75)(H,76,77)/t10-,11-,12-,13-,14-,15-,16-,17-,18-,19+,20+,21-,22-,23-,24-,25-,26-,27-,28-,29-,30-,31+,32+,33+,34+,35+,36+,37+,42?,43+,44+,45+,46-,47-,48-/m1/s1. The summed E-state index contributed by atoms with van der Waals surface area (Å²) in [5, 5.41) is 221. The van der Waals surface area contributed by atoms with Crippen molar-refractivity contribution in [3.8, 4) is 0 Å². The molecule has 520 valence electrons. The summed E-state index contributed by atoms with van der Waals surface area (Å²) in [6.45, 7) is -0.881. The van der Waals surface area contributed by atoms with E-state index in [9.17, 15) is 136 Å². The first-order chi connectivity index (χ1) is 42.7. The first-order valence-electron chi connectivity index (χ1n) is 27.6. The van der Waals surface area contributed by atoms with Crippen molar-refractivity contribution in [1.29, 1.82) is 0 Å². The highest BCUT2D eigenvalue weighted by Crippen LogP contribution is 2.38. The molecule has 7 aliphatic rings. The Balaban J connectivity index is 1.12. The Morgan fingerprint density at radius 2 is 0.549 bits per heavy atom. The molecule has 0 aromatic heterocycles. The number of aliphatic carboxylic acids is 4. The molecule has 7 saturated heterocycles. The van der Waals surface area contributed by atoms with E-state index in [4.69, 9.17) is 61.6 Å². The van der Waals surface area contributed by atoms with Crippen molar-refractivity contribution in [2.75, 3.05) is 19.8 Å². The van der Waals surface area contributed by atoms with E-state index in [2.05, 4.69) is 16.0 Å². The van der Waals surface area contributed by atoms with Crippen molar-refractivity contribution >= 4 is 41.6 Å². The molecule has 7 heterocycles. The number of carboxylic acid groups (broad SMARTS) is 4. The average molecular weight is 1330 g/mol. The van der Waals surface area contributed by atoms with E-state index >= 15 is 0 Å². The fourth-order valence-corrected chi connectivity index (χ4v) is 11.1. The maximum absolute atomic E-state index is 13.0. The fourth-order valence-electron chi connectivity index (χ4n) is 11.1. The average Bonchev–Trinajstić information content (AvgIpc) is 0.809. The number of hydrogen-bond acceptors (Lipinski definition) is 36. The van der Waals surface area contributed by atoms with Crippen LogP contribution in [0, 0.1) is 0 Å². The molecule has 91 heavy (non-hydrogen) atoms. The Bertz CT molecular complexity index is 2530. The van der Waals surface area contributed by atoms with Crippen molar-refractivity contribution in [2.45, 2.75) is 236 Å². The molecule has 7 rings (SSSR count). The van der Waals surface area contributed by atoms with Crippen LogP contribution in [0.4, 0.5) is 0 Å². The molecular formula is C48H73N3O40. The third kappa shape index (κ3) is 15.8. The monoisotopic (exact) mass is 1330 g/mol. The number of carbonyl (C=O) groups is 7. The summed E-state index contributed by atoms with van der Waals surface area (Å²) in [5.41, 5.74) is 0. The molecule has 0 aromatic rings. The summed E-state index contributed by atoms with van der Waals surface area (Å²) in [6, 6.07) is -6.02. The van der Waals surface area contributed by atoms with E-state index in [1.165, 1.54) is 0 Å². The van der Waals surface area contributed by atoms with Gasteiger partial charge in [0.05, 0.1) is 19.8 Å². The Labute approximate surface area is 509 Å². The molecule has 0 spiro atoms. The topological polar surface area (TPSA) is 680 Å². The van der Waals surface area contributed by atoms with E-state index in [1.54, 1.807) is 0 Å². The van der Waals surface area contributed by atoms with Crippen molar-refractivity contribution in [3.63, 3.8) is 0 Å². The number of carboxylic acids is 4. The normalized spacial score (nSPS) is 47.1. The van der Waals surface area contributed by atoms with Crippen LogP contribution in [0.1, 0.15) is 20.8 Å². The summed E-state index contributed by atoms with van der Waals surface area (Å²) in [5.74, 6) is -10.9. The van der Waals surface area contributed by atoms with Crippen LogP contribution in [0.2, 0.25) is 0 Å². The van der Waals surface area contributed by atoms with E-state index in [-0.39, 0.29) is 0 Å². The van der Waals surface area contributed by atoms with Crippen molar-refractivity contribution in [1.82, 2.24) is 16.0 Å². The molecule has 43 heteroatoms. The molecule has 1 unspecified atom stereocenters. The van der Waals surface area contributed by atoms with Gasteiger partial charge in [0, 0.05) is 20.8 Å². The van der Waals surface area contributed by atoms with E-state index in [0.717, 1.165) is 20.8 Å². The van der Waals surface area contributed by atoms with E-state index in [1.807, 2.05) is 0 Å². The summed E-state index contributed by atoms with van der Waals surface area (Å²) in [7, 11) is 0. The Hall–Kier alpha value is -4.87. The van der Waals surface area contributed by atoms with Crippen LogP contribution in [0.15, 0.2) is 0 Å². The third-order valence-corrected chi connectivity index (χ3v) is 15.6. The molecule has 7 aliphatic heterocycles. The van der Waals surface area contributed by atoms with Crippen LogP contribution < -0.4 is 16.0 Å². The third-order valence-electron chi connectivity index (χ3n) is 15.6. The van der Waals surface area contributed by atoms with Crippen molar-refractivity contribution in [3.05, 3.63) is 0 Å².